The summed E-state index contributed by atoms with van der Waals surface area (Å²) in [7, 11) is 3.82. The molecule has 1 aromatic rings. The summed E-state index contributed by atoms with van der Waals surface area (Å²) in [4.78, 5) is 2.35. The van der Waals surface area contributed by atoms with E-state index in [1.165, 1.54) is 18.4 Å². The first-order chi connectivity index (χ1) is 9.65. The van der Waals surface area contributed by atoms with E-state index in [0.29, 0.717) is 5.92 Å². The third kappa shape index (κ3) is 3.57. The molecule has 2 N–H and O–H groups in total. The van der Waals surface area contributed by atoms with Crippen molar-refractivity contribution >= 4 is 0 Å². The largest absolute Gasteiger partial charge is 0.387 e. The van der Waals surface area contributed by atoms with Crippen LogP contribution in [-0.2, 0) is 0 Å². The third-order valence-corrected chi connectivity index (χ3v) is 4.39. The van der Waals surface area contributed by atoms with Gasteiger partial charge in [-0.05, 0) is 57.1 Å². The van der Waals surface area contributed by atoms with Crippen molar-refractivity contribution < 1.29 is 9.50 Å². The van der Waals surface area contributed by atoms with Crippen molar-refractivity contribution in [2.45, 2.75) is 30.9 Å². The van der Waals surface area contributed by atoms with Gasteiger partial charge in [0.1, 0.15) is 6.67 Å². The number of likely N-dealkylation sites (tertiary alicyclic amines) is 1. The predicted octanol–water partition coefficient (Wildman–Crippen LogP) is 2.09. The SMILES string of the molecule is CNC(CF)C(O)c1ccc(C2CCN(C)CC2)cc1. The Balaban J connectivity index is 2.02. The number of hydrogen-bond donors (Lipinski definition) is 2. The molecule has 20 heavy (non-hydrogen) atoms. The van der Waals surface area contributed by atoms with Crippen LogP contribution in [0, 0.1) is 0 Å². The van der Waals surface area contributed by atoms with E-state index in [1.54, 1.807) is 7.05 Å². The fourth-order valence-corrected chi connectivity index (χ4v) is 2.86. The molecule has 0 amide bonds. The number of aliphatic hydroxyl groups is 1. The Morgan fingerprint density at radius 2 is 1.90 bits per heavy atom. The molecule has 1 saturated heterocycles. The van der Waals surface area contributed by atoms with Crippen LogP contribution in [0.4, 0.5) is 4.39 Å². The van der Waals surface area contributed by atoms with Crippen molar-refractivity contribution in [3.63, 3.8) is 0 Å². The summed E-state index contributed by atoms with van der Waals surface area (Å²) in [6.07, 6.45) is 1.57. The molecule has 4 heteroatoms. The van der Waals surface area contributed by atoms with Gasteiger partial charge >= 0.3 is 0 Å². The summed E-state index contributed by atoms with van der Waals surface area (Å²) in [5.74, 6) is 0.610. The average molecular weight is 280 g/mol. The molecule has 3 nitrogen and oxygen atoms in total. The Bertz CT molecular complexity index is 397. The zero-order valence-electron chi connectivity index (χ0n) is 12.3. The monoisotopic (exact) mass is 280 g/mol. The van der Waals surface area contributed by atoms with E-state index in [-0.39, 0.29) is 0 Å². The van der Waals surface area contributed by atoms with Gasteiger partial charge in [0.2, 0.25) is 0 Å². The molecule has 1 fully saturated rings. The molecular weight excluding hydrogens is 255 g/mol. The smallest absolute Gasteiger partial charge is 0.108 e. The summed E-state index contributed by atoms with van der Waals surface area (Å²) in [6.45, 7) is 1.70. The number of piperidine rings is 1. The molecule has 0 saturated carbocycles. The summed E-state index contributed by atoms with van der Waals surface area (Å²) < 4.78 is 12.8. The Labute approximate surface area is 120 Å². The summed E-state index contributed by atoms with van der Waals surface area (Å²) in [6, 6.07) is 7.49. The maximum atomic E-state index is 12.8. The second kappa shape index (κ2) is 7.16. The van der Waals surface area contributed by atoms with Gasteiger partial charge in [0, 0.05) is 0 Å². The number of aliphatic hydroxyl groups excluding tert-OH is 1. The van der Waals surface area contributed by atoms with Gasteiger partial charge in [-0.3, -0.25) is 0 Å². The van der Waals surface area contributed by atoms with Gasteiger partial charge in [-0.15, -0.1) is 0 Å². The van der Waals surface area contributed by atoms with Gasteiger partial charge in [0.05, 0.1) is 12.1 Å². The zero-order chi connectivity index (χ0) is 14.5. The van der Waals surface area contributed by atoms with E-state index in [4.69, 9.17) is 0 Å². The van der Waals surface area contributed by atoms with Crippen LogP contribution in [0.25, 0.3) is 0 Å². The van der Waals surface area contributed by atoms with Crippen molar-refractivity contribution in [1.82, 2.24) is 10.2 Å². The summed E-state index contributed by atoms with van der Waals surface area (Å²) in [5, 5.41) is 12.9. The van der Waals surface area contributed by atoms with E-state index < -0.39 is 18.8 Å². The maximum Gasteiger partial charge on any atom is 0.108 e. The summed E-state index contributed by atoms with van der Waals surface area (Å²) >= 11 is 0. The van der Waals surface area contributed by atoms with Gasteiger partial charge in [-0.1, -0.05) is 24.3 Å². The second-order valence-electron chi connectivity index (χ2n) is 5.74. The fraction of sp³-hybridized carbons (Fsp3) is 0.625. The number of nitrogens with one attached hydrogen (secondary N) is 1. The van der Waals surface area contributed by atoms with E-state index in [9.17, 15) is 9.50 Å². The highest BCUT2D eigenvalue weighted by Gasteiger charge is 2.21. The van der Waals surface area contributed by atoms with Crippen LogP contribution in [0.15, 0.2) is 24.3 Å². The molecule has 1 aliphatic rings. The molecule has 0 aliphatic carbocycles. The first-order valence-electron chi connectivity index (χ1n) is 7.35. The highest BCUT2D eigenvalue weighted by Crippen LogP contribution is 2.28. The highest BCUT2D eigenvalue weighted by atomic mass is 19.1. The lowest BCUT2D eigenvalue weighted by Gasteiger charge is -2.29. The minimum absolute atomic E-state index is 0.538. The van der Waals surface area contributed by atoms with Gasteiger partial charge in [0.15, 0.2) is 0 Å². The van der Waals surface area contributed by atoms with Gasteiger partial charge in [-0.25, -0.2) is 4.39 Å². The summed E-state index contributed by atoms with van der Waals surface area (Å²) in [5.41, 5.74) is 2.11. The molecule has 1 aromatic carbocycles. The lowest BCUT2D eigenvalue weighted by molar-refractivity contribution is 0.117. The third-order valence-electron chi connectivity index (χ3n) is 4.39. The van der Waals surface area contributed by atoms with Crippen molar-refractivity contribution in [2.24, 2.45) is 0 Å². The van der Waals surface area contributed by atoms with Crippen LogP contribution in [0.2, 0.25) is 0 Å². The van der Waals surface area contributed by atoms with Gasteiger partial charge < -0.3 is 15.3 Å². The van der Waals surface area contributed by atoms with E-state index in [1.807, 2.05) is 12.1 Å². The van der Waals surface area contributed by atoms with Crippen molar-refractivity contribution in [3.8, 4) is 0 Å². The number of halogens is 1. The van der Waals surface area contributed by atoms with Crippen LogP contribution in [0.3, 0.4) is 0 Å². The number of benzene rings is 1. The molecule has 2 atom stereocenters. The molecule has 0 spiro atoms. The first kappa shape index (κ1) is 15.4. The Kier molecular flexibility index (Phi) is 5.52. The number of nitrogens with zero attached hydrogens (tertiary/aromatic N) is 1. The van der Waals surface area contributed by atoms with Crippen molar-refractivity contribution in [3.05, 3.63) is 35.4 Å². The lowest BCUT2D eigenvalue weighted by Crippen LogP contribution is -2.34. The Morgan fingerprint density at radius 3 is 2.40 bits per heavy atom. The van der Waals surface area contributed by atoms with E-state index >= 15 is 0 Å². The Morgan fingerprint density at radius 1 is 1.30 bits per heavy atom. The molecule has 1 heterocycles. The van der Waals surface area contributed by atoms with Gasteiger partial charge in [-0.2, -0.15) is 0 Å². The second-order valence-corrected chi connectivity index (χ2v) is 5.74. The molecule has 112 valence electrons. The molecular formula is C16H25FN2O. The minimum Gasteiger partial charge on any atom is -0.387 e. The van der Waals surface area contributed by atoms with Crippen molar-refractivity contribution in [1.29, 1.82) is 0 Å². The molecule has 2 rings (SSSR count). The van der Waals surface area contributed by atoms with Crippen LogP contribution in [-0.4, -0.2) is 49.9 Å². The molecule has 1 aliphatic heterocycles. The molecule has 2 unspecified atom stereocenters. The number of alkyl halides is 1. The zero-order valence-corrected chi connectivity index (χ0v) is 12.3. The quantitative estimate of drug-likeness (QED) is 0.867. The normalized spacial score (nSPS) is 20.8. The van der Waals surface area contributed by atoms with E-state index in [2.05, 4.69) is 29.4 Å². The highest BCUT2D eigenvalue weighted by molar-refractivity contribution is 5.28. The fourth-order valence-electron chi connectivity index (χ4n) is 2.86. The predicted molar refractivity (Wildman–Crippen MR) is 79.7 cm³/mol. The number of likely N-dealkylation sites (N-methyl/N-ethyl adjacent to an activating group) is 1. The van der Waals surface area contributed by atoms with Gasteiger partial charge in [0.25, 0.3) is 0 Å². The molecule has 0 aromatic heterocycles. The maximum absolute atomic E-state index is 12.8. The average Bonchev–Trinajstić information content (AvgIpc) is 2.49. The van der Waals surface area contributed by atoms with Crippen LogP contribution < -0.4 is 5.32 Å². The minimum atomic E-state index is -0.795. The van der Waals surface area contributed by atoms with Crippen LogP contribution in [0.1, 0.15) is 36.0 Å². The first-order valence-corrected chi connectivity index (χ1v) is 7.35. The number of hydrogen-bond acceptors (Lipinski definition) is 3. The Hall–Kier alpha value is -0.970. The topological polar surface area (TPSA) is 35.5 Å². The standard InChI is InChI=1S/C16H25FN2O/c1-18-15(11-17)16(20)14-5-3-12(4-6-14)13-7-9-19(2)10-8-13/h3-6,13,15-16,18,20H,7-11H2,1-2H3. The lowest BCUT2D eigenvalue weighted by atomic mass is 9.88. The molecule has 0 bridgehead atoms. The van der Waals surface area contributed by atoms with Crippen LogP contribution >= 0.6 is 0 Å². The number of rotatable bonds is 5. The van der Waals surface area contributed by atoms with Crippen molar-refractivity contribution in [2.75, 3.05) is 33.9 Å². The van der Waals surface area contributed by atoms with E-state index in [0.717, 1.165) is 18.7 Å². The van der Waals surface area contributed by atoms with Crippen LogP contribution in [0.5, 0.6) is 0 Å². The molecule has 0 radical (unpaired) electrons.